The van der Waals surface area contributed by atoms with Crippen molar-refractivity contribution in [2.75, 3.05) is 11.9 Å². The molecule has 0 unspecified atom stereocenters. The molecule has 41 heavy (non-hydrogen) atoms. The van der Waals surface area contributed by atoms with Gasteiger partial charge in [-0.1, -0.05) is 52.7 Å². The summed E-state index contributed by atoms with van der Waals surface area (Å²) >= 11 is 0. The lowest BCUT2D eigenvalue weighted by atomic mass is 9.51. The number of halogens is 3. The molecule has 8 nitrogen and oxygen atoms in total. The fourth-order valence-electron chi connectivity index (χ4n) is 6.15. The average Bonchev–Trinajstić information content (AvgIpc) is 3.32. The fraction of sp³-hybridized carbons (Fsp3) is 0.533. The van der Waals surface area contributed by atoms with Gasteiger partial charge in [0, 0.05) is 25.5 Å². The second-order valence-corrected chi connectivity index (χ2v) is 12.0. The minimum absolute atomic E-state index is 0.0948. The maximum atomic E-state index is 13.4. The highest BCUT2D eigenvalue weighted by molar-refractivity contribution is 6.04. The van der Waals surface area contributed by atoms with Gasteiger partial charge in [-0.15, -0.1) is 10.2 Å². The number of aryl methyl sites for hydroxylation is 1. The van der Waals surface area contributed by atoms with Gasteiger partial charge in [0.15, 0.2) is 0 Å². The number of alkyl halides is 3. The van der Waals surface area contributed by atoms with E-state index in [1.54, 1.807) is 12.4 Å². The van der Waals surface area contributed by atoms with Crippen LogP contribution < -0.4 is 16.2 Å². The zero-order valence-corrected chi connectivity index (χ0v) is 24.3. The fourth-order valence-corrected chi connectivity index (χ4v) is 6.15. The summed E-state index contributed by atoms with van der Waals surface area (Å²) in [7, 11) is 1.90. The third kappa shape index (κ3) is 6.89. The third-order valence-electron chi connectivity index (χ3n) is 8.03. The second kappa shape index (κ2) is 11.8. The van der Waals surface area contributed by atoms with Crippen LogP contribution in [0.1, 0.15) is 80.7 Å². The highest BCUT2D eigenvalue weighted by atomic mass is 19.4. The summed E-state index contributed by atoms with van der Waals surface area (Å²) in [5.41, 5.74) is 0.187. The first-order valence-electron chi connectivity index (χ1n) is 14.0. The Hall–Kier alpha value is -3.47. The molecule has 222 valence electrons. The maximum Gasteiger partial charge on any atom is 0.406 e. The lowest BCUT2D eigenvalue weighted by molar-refractivity contribution is -0.141. The molecule has 1 amide bonds. The predicted molar refractivity (Wildman–Crippen MR) is 152 cm³/mol. The van der Waals surface area contributed by atoms with Crippen molar-refractivity contribution in [1.29, 1.82) is 0 Å². The van der Waals surface area contributed by atoms with E-state index in [1.165, 1.54) is 12.3 Å². The van der Waals surface area contributed by atoms with Crippen LogP contribution in [0.25, 0.3) is 0 Å². The number of amides is 1. The number of nitrogens with zero attached hydrogens (tertiary/aromatic N) is 4. The van der Waals surface area contributed by atoms with Gasteiger partial charge >= 0.3 is 6.18 Å². The number of aromatic nitrogens is 4. The van der Waals surface area contributed by atoms with E-state index in [-0.39, 0.29) is 17.5 Å². The molecule has 0 radical (unpaired) electrons. The SMILES string of the molecule is CCC(CC)CNCc1cc(C(=O)Nc2cccc(C3(c4nncn4C)CC(C)(C)C3)c2)c(=O)n(CC(F)(F)F)c1. The van der Waals surface area contributed by atoms with Crippen LogP contribution in [0.5, 0.6) is 0 Å². The summed E-state index contributed by atoms with van der Waals surface area (Å²) < 4.78 is 42.3. The molecule has 4 rings (SSSR count). The van der Waals surface area contributed by atoms with Crippen molar-refractivity contribution in [3.05, 3.63) is 75.7 Å². The van der Waals surface area contributed by atoms with Crippen molar-refractivity contribution in [2.45, 2.75) is 78.1 Å². The molecule has 0 saturated heterocycles. The first kappa shape index (κ1) is 30.5. The molecule has 2 N–H and O–H groups in total. The van der Waals surface area contributed by atoms with E-state index >= 15 is 0 Å². The second-order valence-electron chi connectivity index (χ2n) is 12.0. The number of carbonyl (C=O) groups excluding carboxylic acids is 1. The monoisotopic (exact) mass is 572 g/mol. The van der Waals surface area contributed by atoms with Crippen molar-refractivity contribution >= 4 is 11.6 Å². The normalized spacial score (nSPS) is 16.0. The molecule has 11 heteroatoms. The van der Waals surface area contributed by atoms with Crippen molar-refractivity contribution in [1.82, 2.24) is 24.6 Å². The van der Waals surface area contributed by atoms with E-state index in [0.29, 0.717) is 28.3 Å². The van der Waals surface area contributed by atoms with Gasteiger partial charge in [-0.2, -0.15) is 13.2 Å². The molecule has 3 aromatic rings. The Morgan fingerprint density at radius 1 is 1.15 bits per heavy atom. The molecule has 1 saturated carbocycles. The molecule has 1 aliphatic rings. The first-order valence-corrected chi connectivity index (χ1v) is 14.0. The van der Waals surface area contributed by atoms with Gasteiger partial charge in [0.25, 0.3) is 11.5 Å². The Balaban J connectivity index is 1.62. The van der Waals surface area contributed by atoms with E-state index in [2.05, 4.69) is 48.5 Å². The number of carbonyl (C=O) groups is 1. The van der Waals surface area contributed by atoms with E-state index in [1.807, 2.05) is 29.8 Å². The van der Waals surface area contributed by atoms with E-state index < -0.39 is 29.6 Å². The number of hydrogen-bond acceptors (Lipinski definition) is 5. The summed E-state index contributed by atoms with van der Waals surface area (Å²) in [4.78, 5) is 26.4. The van der Waals surface area contributed by atoms with Gasteiger partial charge < -0.3 is 19.8 Å². The molecular weight excluding hydrogens is 533 g/mol. The summed E-state index contributed by atoms with van der Waals surface area (Å²) in [5, 5.41) is 14.4. The number of nitrogens with one attached hydrogen (secondary N) is 2. The van der Waals surface area contributed by atoms with Crippen LogP contribution in [0.4, 0.5) is 18.9 Å². The molecule has 0 atom stereocenters. The topological polar surface area (TPSA) is 93.8 Å². The van der Waals surface area contributed by atoms with Crippen molar-refractivity contribution in [3.63, 3.8) is 0 Å². The molecular formula is C30H39F3N6O2. The van der Waals surface area contributed by atoms with Crippen LogP contribution in [0, 0.1) is 11.3 Å². The standard InChI is InChI=1S/C30H39F3N6O2/c1-6-20(7-2)13-34-14-21-11-24(26(41)39(15-21)18-30(31,32)33)25(40)36-23-10-8-9-22(12-23)29(16-28(3,4)17-29)27-37-35-19-38(27)5/h8-12,15,19-20,34H,6-7,13-14,16-18H2,1-5H3,(H,36,40). The lowest BCUT2D eigenvalue weighted by Crippen LogP contribution is -2.49. The first-order chi connectivity index (χ1) is 19.3. The number of hydrogen-bond donors (Lipinski definition) is 2. The highest BCUT2D eigenvalue weighted by Gasteiger charge is 2.54. The molecule has 1 fully saturated rings. The Morgan fingerprint density at radius 2 is 1.85 bits per heavy atom. The predicted octanol–water partition coefficient (Wildman–Crippen LogP) is 5.42. The lowest BCUT2D eigenvalue weighted by Gasteiger charge is -2.52. The van der Waals surface area contributed by atoms with Crippen molar-refractivity contribution < 1.29 is 18.0 Å². The molecule has 2 heterocycles. The van der Waals surface area contributed by atoms with Gasteiger partial charge in [0.2, 0.25) is 0 Å². The van der Waals surface area contributed by atoms with E-state index in [0.717, 1.165) is 37.1 Å². The Morgan fingerprint density at radius 3 is 2.44 bits per heavy atom. The number of pyridine rings is 1. The summed E-state index contributed by atoms with van der Waals surface area (Å²) in [6.45, 7) is 7.98. The Labute approximate surface area is 238 Å². The highest BCUT2D eigenvalue weighted by Crippen LogP contribution is 2.58. The number of anilines is 1. The number of rotatable bonds is 11. The molecule has 1 aromatic carbocycles. The maximum absolute atomic E-state index is 13.4. The van der Waals surface area contributed by atoms with Gasteiger partial charge in [-0.25, -0.2) is 0 Å². The van der Waals surface area contributed by atoms with Gasteiger partial charge in [0.1, 0.15) is 24.3 Å². The summed E-state index contributed by atoms with van der Waals surface area (Å²) in [6.07, 6.45) is 1.83. The Kier molecular flexibility index (Phi) is 8.77. The summed E-state index contributed by atoms with van der Waals surface area (Å²) in [6, 6.07) is 8.71. The van der Waals surface area contributed by atoms with Crippen LogP contribution in [-0.4, -0.2) is 38.0 Å². The molecule has 1 aliphatic carbocycles. The molecule has 2 aromatic heterocycles. The zero-order chi connectivity index (χ0) is 30.0. The third-order valence-corrected chi connectivity index (χ3v) is 8.03. The zero-order valence-electron chi connectivity index (χ0n) is 24.3. The minimum Gasteiger partial charge on any atom is -0.322 e. The summed E-state index contributed by atoms with van der Waals surface area (Å²) in [5.74, 6) is 0.493. The van der Waals surface area contributed by atoms with Gasteiger partial charge in [0.05, 0.1) is 5.41 Å². The largest absolute Gasteiger partial charge is 0.406 e. The Bertz CT molecular complexity index is 1430. The van der Waals surface area contributed by atoms with Gasteiger partial charge in [-0.05, 0) is 60.0 Å². The molecule has 0 spiro atoms. The van der Waals surface area contributed by atoms with Gasteiger partial charge in [-0.3, -0.25) is 9.59 Å². The van der Waals surface area contributed by atoms with Crippen molar-refractivity contribution in [2.24, 2.45) is 18.4 Å². The smallest absolute Gasteiger partial charge is 0.322 e. The van der Waals surface area contributed by atoms with E-state index in [4.69, 9.17) is 0 Å². The van der Waals surface area contributed by atoms with Crippen LogP contribution in [0.2, 0.25) is 0 Å². The van der Waals surface area contributed by atoms with Crippen LogP contribution in [0.3, 0.4) is 0 Å². The average molecular weight is 573 g/mol. The minimum atomic E-state index is -4.61. The van der Waals surface area contributed by atoms with Crippen molar-refractivity contribution in [3.8, 4) is 0 Å². The van der Waals surface area contributed by atoms with Crippen LogP contribution >= 0.6 is 0 Å². The van der Waals surface area contributed by atoms with E-state index in [9.17, 15) is 22.8 Å². The molecule has 0 aliphatic heterocycles. The quantitative estimate of drug-likeness (QED) is 0.320. The van der Waals surface area contributed by atoms with Crippen LogP contribution in [0.15, 0.2) is 47.7 Å². The van der Waals surface area contributed by atoms with Crippen LogP contribution in [-0.2, 0) is 25.6 Å². The number of benzene rings is 1. The molecule has 0 bridgehead atoms.